The van der Waals surface area contributed by atoms with Gasteiger partial charge in [0.2, 0.25) is 0 Å². The van der Waals surface area contributed by atoms with Crippen LogP contribution in [0, 0.1) is 0 Å². The van der Waals surface area contributed by atoms with Gasteiger partial charge < -0.3 is 20.5 Å². The number of carbonyl (C=O) groups is 1. The molecule has 3 heterocycles. The number of aliphatic hydroxyl groups is 1. The smallest absolute Gasteiger partial charge is 0.418 e. The molecule has 3 aromatic heterocycles. The van der Waals surface area contributed by atoms with Crippen molar-refractivity contribution in [1.82, 2.24) is 25.1 Å². The minimum absolute atomic E-state index is 0.0107. The highest BCUT2D eigenvalue weighted by atomic mass is 35.5. The second-order valence-corrected chi connectivity index (χ2v) is 6.00. The first kappa shape index (κ1) is 16.8. The van der Waals surface area contributed by atoms with Crippen molar-refractivity contribution in [2.75, 3.05) is 19.4 Å². The number of aromatic nitrogens is 4. The van der Waals surface area contributed by atoms with E-state index >= 15 is 0 Å². The topological polar surface area (TPSA) is 114 Å². The van der Waals surface area contributed by atoms with Gasteiger partial charge in [-0.05, 0) is 6.07 Å². The molecule has 0 fully saturated rings. The van der Waals surface area contributed by atoms with Crippen LogP contribution in [0.3, 0.4) is 0 Å². The van der Waals surface area contributed by atoms with Gasteiger partial charge in [0.1, 0.15) is 5.52 Å². The van der Waals surface area contributed by atoms with Crippen LogP contribution in [0.2, 0.25) is 5.15 Å². The van der Waals surface area contributed by atoms with Gasteiger partial charge in [0.25, 0.3) is 5.91 Å². The number of nitrogens with zero attached hydrogens (tertiary/aromatic N) is 4. The minimum Gasteiger partial charge on any atom is -0.494 e. The maximum atomic E-state index is 13.1. The maximum Gasteiger partial charge on any atom is 0.418 e. The number of halogens is 4. The molecule has 3 rings (SSSR count). The lowest BCUT2D eigenvalue weighted by molar-refractivity contribution is -0.207. The predicted molar refractivity (Wildman–Crippen MR) is 96.5 cm³/mol. The highest BCUT2D eigenvalue weighted by Crippen LogP contribution is 2.41. The van der Waals surface area contributed by atoms with Crippen LogP contribution in [0.1, 0.15) is 26.3 Å². The van der Waals surface area contributed by atoms with Gasteiger partial charge in [-0.3, -0.25) is 4.79 Å². The lowest BCUT2D eigenvalue weighted by Gasteiger charge is -2.19. The first-order valence-corrected chi connectivity index (χ1v) is 8.11. The van der Waals surface area contributed by atoms with Crippen molar-refractivity contribution >= 4 is 34.4 Å². The Bertz CT molecular complexity index is 1170. The number of rotatable bonds is 5. The molecule has 1 amide bonds. The number of aliphatic hydroxyl groups excluding tert-OH is 1. The van der Waals surface area contributed by atoms with Gasteiger partial charge in [-0.2, -0.15) is 18.3 Å². The molecule has 0 bridgehead atoms. The molecule has 9 nitrogen and oxygen atoms in total. The number of fused-ring (bicyclic) bond motifs is 1. The molecule has 29 heavy (non-hydrogen) atoms. The summed E-state index contributed by atoms with van der Waals surface area (Å²) < 4.78 is 67.0. The highest BCUT2D eigenvalue weighted by Gasteiger charge is 2.41. The third-order valence-electron chi connectivity index (χ3n) is 3.84. The van der Waals surface area contributed by atoms with Crippen LogP contribution in [0.25, 0.3) is 5.52 Å². The van der Waals surface area contributed by atoms with Gasteiger partial charge in [0.15, 0.2) is 22.7 Å². The van der Waals surface area contributed by atoms with Crippen molar-refractivity contribution < 1.29 is 31.9 Å². The summed E-state index contributed by atoms with van der Waals surface area (Å²) in [7, 11) is 1.11. The Morgan fingerprint density at radius 3 is 2.83 bits per heavy atom. The van der Waals surface area contributed by atoms with E-state index < -0.39 is 36.4 Å². The summed E-state index contributed by atoms with van der Waals surface area (Å²) in [4.78, 5) is 12.3. The molecule has 3 aromatic rings. The number of amides is 1. The number of alkyl halides is 3. The Morgan fingerprint density at radius 1 is 1.41 bits per heavy atom. The quantitative estimate of drug-likeness (QED) is 0.566. The molecule has 154 valence electrons. The van der Waals surface area contributed by atoms with Crippen LogP contribution in [-0.2, 0) is 0 Å². The molecule has 0 aliphatic rings. The third-order valence-corrected chi connectivity index (χ3v) is 4.02. The van der Waals surface area contributed by atoms with Gasteiger partial charge in [-0.25, -0.2) is 4.52 Å². The van der Waals surface area contributed by atoms with Crippen molar-refractivity contribution in [2.24, 2.45) is 0 Å². The molecule has 0 radical (unpaired) electrons. The summed E-state index contributed by atoms with van der Waals surface area (Å²) in [6, 6.07) is 2.16. The van der Waals surface area contributed by atoms with Crippen molar-refractivity contribution in [3.8, 4) is 5.75 Å². The fourth-order valence-corrected chi connectivity index (χ4v) is 2.74. The summed E-state index contributed by atoms with van der Waals surface area (Å²) in [6.45, 7) is -2.81. The van der Waals surface area contributed by atoms with Gasteiger partial charge in [-0.1, -0.05) is 11.6 Å². The zero-order valence-corrected chi connectivity index (χ0v) is 15.2. The number of methoxy groups -OCH3 is 1. The predicted octanol–water partition coefficient (Wildman–Crippen LogP) is 2.49. The largest absolute Gasteiger partial charge is 0.494 e. The zero-order chi connectivity index (χ0) is 23.8. The number of hydrogen-bond acceptors (Lipinski definition) is 7. The molecule has 1 atom stereocenters. The van der Waals surface area contributed by atoms with E-state index in [4.69, 9.17) is 20.5 Å². The highest BCUT2D eigenvalue weighted by molar-refractivity contribution is 6.29. The Kier molecular flexibility index (Phi) is 4.47. The van der Waals surface area contributed by atoms with Crippen molar-refractivity contribution in [2.45, 2.75) is 12.3 Å². The summed E-state index contributed by atoms with van der Waals surface area (Å²) >= 11 is 5.83. The van der Waals surface area contributed by atoms with Crippen molar-refractivity contribution in [1.29, 1.82) is 0 Å². The standard InChI is InChI=1S/C16H14ClF3N6O3/c1-21-15(28)11-8(5-10(17)24-25-11)23-9-6-22-26-4-3-7(13(29-2)12(9)26)14(27)16(18,19)20/h3-6,14,27H,1-2H3,(H,21,28)(H,23,24)/t14-/m0/s1/i1D3. The zero-order valence-electron chi connectivity index (χ0n) is 17.5. The molecule has 0 saturated carbocycles. The Balaban J connectivity index is 2.11. The molecular weight excluding hydrogens is 417 g/mol. The van der Waals surface area contributed by atoms with E-state index in [0.29, 0.717) is 0 Å². The summed E-state index contributed by atoms with van der Waals surface area (Å²) in [5.74, 6) is -1.44. The number of nitrogens with one attached hydrogen (secondary N) is 2. The number of carbonyl (C=O) groups excluding carboxylic acids is 1. The van der Waals surface area contributed by atoms with Gasteiger partial charge >= 0.3 is 6.18 Å². The van der Waals surface area contributed by atoms with E-state index in [1.807, 2.05) is 0 Å². The summed E-state index contributed by atoms with van der Waals surface area (Å²) in [5.41, 5.74) is -1.09. The minimum atomic E-state index is -4.96. The summed E-state index contributed by atoms with van der Waals surface area (Å²) in [6.07, 6.45) is -5.40. The molecule has 0 aliphatic carbocycles. The van der Waals surface area contributed by atoms with E-state index in [9.17, 15) is 23.1 Å². The molecule has 0 aliphatic heterocycles. The second-order valence-electron chi connectivity index (χ2n) is 5.61. The number of ether oxygens (including phenoxy) is 1. The average Bonchev–Trinajstić information content (AvgIpc) is 3.07. The maximum absolute atomic E-state index is 13.1. The van der Waals surface area contributed by atoms with E-state index in [2.05, 4.69) is 20.6 Å². The van der Waals surface area contributed by atoms with Gasteiger partial charge in [0.05, 0.1) is 24.7 Å². The monoisotopic (exact) mass is 433 g/mol. The second kappa shape index (κ2) is 7.72. The molecule has 0 spiro atoms. The van der Waals surface area contributed by atoms with E-state index in [0.717, 1.165) is 19.2 Å². The molecule has 3 N–H and O–H groups in total. The van der Waals surface area contributed by atoms with Crippen LogP contribution < -0.4 is 15.4 Å². The van der Waals surface area contributed by atoms with E-state index in [1.165, 1.54) is 16.9 Å². The van der Waals surface area contributed by atoms with Crippen LogP contribution >= 0.6 is 11.6 Å². The lowest BCUT2D eigenvalue weighted by atomic mass is 10.1. The number of hydrogen-bond donors (Lipinski definition) is 3. The first-order chi connectivity index (χ1) is 14.8. The average molecular weight is 434 g/mol. The lowest BCUT2D eigenvalue weighted by Crippen LogP contribution is -2.21. The van der Waals surface area contributed by atoms with Crippen LogP contribution in [0.5, 0.6) is 5.75 Å². The van der Waals surface area contributed by atoms with Crippen molar-refractivity contribution in [3.05, 3.63) is 40.9 Å². The normalized spacial score (nSPS) is 14.6. The molecule has 0 aromatic carbocycles. The Labute approximate surface area is 170 Å². The van der Waals surface area contributed by atoms with Crippen LogP contribution in [0.15, 0.2) is 24.5 Å². The Hall–Kier alpha value is -3.12. The van der Waals surface area contributed by atoms with Crippen LogP contribution in [0.4, 0.5) is 24.5 Å². The fraction of sp³-hybridized carbons (Fsp3) is 0.250. The third kappa shape index (κ3) is 3.89. The summed E-state index contributed by atoms with van der Waals surface area (Å²) in [5, 5.41) is 25.1. The first-order valence-electron chi connectivity index (χ1n) is 9.23. The Morgan fingerprint density at radius 2 is 2.17 bits per heavy atom. The van der Waals surface area contributed by atoms with Gasteiger partial charge in [-0.15, -0.1) is 10.2 Å². The molecule has 0 unspecified atom stereocenters. The van der Waals surface area contributed by atoms with E-state index in [1.54, 1.807) is 5.32 Å². The number of anilines is 2. The van der Waals surface area contributed by atoms with Crippen molar-refractivity contribution in [3.63, 3.8) is 0 Å². The van der Waals surface area contributed by atoms with Crippen LogP contribution in [-0.4, -0.2) is 51.1 Å². The van der Waals surface area contributed by atoms with Gasteiger partial charge in [0, 0.05) is 28.9 Å². The number of pyridine rings is 1. The molecular formula is C16H14ClF3N6O3. The molecule has 0 saturated heterocycles. The van der Waals surface area contributed by atoms with E-state index in [-0.39, 0.29) is 27.8 Å². The molecule has 13 heteroatoms. The fourth-order valence-electron chi connectivity index (χ4n) is 2.60. The SMILES string of the molecule is [2H]C([2H])([2H])NC(=O)c1nnc(Cl)cc1Nc1cnn2ccc([C@H](O)C(F)(F)F)c(OC)c12.